The Morgan fingerprint density at radius 1 is 1.19 bits per heavy atom. The van der Waals surface area contributed by atoms with Crippen LogP contribution in [0.4, 0.5) is 0 Å². The van der Waals surface area contributed by atoms with Crippen molar-refractivity contribution in [2.24, 2.45) is 5.10 Å². The molecule has 3 rings (SSSR count). The van der Waals surface area contributed by atoms with Gasteiger partial charge in [-0.15, -0.1) is 0 Å². The lowest BCUT2D eigenvalue weighted by Gasteiger charge is -2.15. The Balaban J connectivity index is 1.74. The van der Waals surface area contributed by atoms with Crippen molar-refractivity contribution in [1.82, 2.24) is 5.43 Å². The Labute approximate surface area is 165 Å². The Kier molecular flexibility index (Phi) is 6.48. The maximum Gasteiger partial charge on any atom is 0.271 e. The lowest BCUT2D eigenvalue weighted by Crippen LogP contribution is -3.08. The number of hydrogen-bond donors (Lipinski definition) is 2. The van der Waals surface area contributed by atoms with Crippen LogP contribution < -0.4 is 15.1 Å². The molecular weight excluding hydrogens is 362 g/mol. The van der Waals surface area contributed by atoms with Gasteiger partial charge in [0.2, 0.25) is 0 Å². The molecule has 5 nitrogen and oxygen atoms in total. The van der Waals surface area contributed by atoms with Gasteiger partial charge >= 0.3 is 0 Å². The Hall–Kier alpha value is -2.37. The van der Waals surface area contributed by atoms with E-state index in [0.29, 0.717) is 10.6 Å². The van der Waals surface area contributed by atoms with Gasteiger partial charge in [-0.3, -0.25) is 4.79 Å². The predicted octanol–water partition coefficient (Wildman–Crippen LogP) is 2.68. The highest BCUT2D eigenvalue weighted by molar-refractivity contribution is 6.30. The third-order valence-electron chi connectivity index (χ3n) is 4.86. The molecule has 2 aromatic carbocycles. The summed E-state index contributed by atoms with van der Waals surface area (Å²) in [5.74, 6) is 0.612. The van der Waals surface area contributed by atoms with Gasteiger partial charge in [0, 0.05) is 29.0 Å². The topological polar surface area (TPSA) is 55.1 Å². The number of carbonyl (C=O) groups excluding carboxylic acids is 1. The monoisotopic (exact) mass is 386 g/mol. The highest BCUT2D eigenvalue weighted by atomic mass is 35.5. The number of carbonyl (C=O) groups is 1. The Morgan fingerprint density at radius 2 is 1.96 bits per heavy atom. The summed E-state index contributed by atoms with van der Waals surface area (Å²) in [5.41, 5.74) is 5.96. The Morgan fingerprint density at radius 3 is 2.67 bits per heavy atom. The molecule has 0 radical (unpaired) electrons. The van der Waals surface area contributed by atoms with Crippen molar-refractivity contribution >= 4 is 23.2 Å². The van der Waals surface area contributed by atoms with E-state index in [4.69, 9.17) is 16.3 Å². The second kappa shape index (κ2) is 9.02. The predicted molar refractivity (Wildman–Crippen MR) is 108 cm³/mol. The van der Waals surface area contributed by atoms with E-state index in [1.165, 1.54) is 31.5 Å². The van der Waals surface area contributed by atoms with E-state index in [0.717, 1.165) is 23.6 Å². The third-order valence-corrected chi connectivity index (χ3v) is 5.10. The molecule has 1 amide bonds. The van der Waals surface area contributed by atoms with Crippen molar-refractivity contribution in [3.05, 3.63) is 64.2 Å². The highest BCUT2D eigenvalue weighted by Gasteiger charge is 2.18. The lowest BCUT2D eigenvalue weighted by atomic mass is 10.1. The van der Waals surface area contributed by atoms with Gasteiger partial charge in [-0.25, -0.2) is 5.43 Å². The van der Waals surface area contributed by atoms with Gasteiger partial charge in [-0.2, -0.15) is 5.10 Å². The van der Waals surface area contributed by atoms with Crippen molar-refractivity contribution < 1.29 is 14.4 Å². The normalized spacial score (nSPS) is 15.0. The molecular formula is C21H25ClN3O2+. The number of halogens is 1. The molecule has 1 fully saturated rings. The molecule has 1 aliphatic rings. The van der Waals surface area contributed by atoms with E-state index < -0.39 is 0 Å². The number of hydrazone groups is 1. The lowest BCUT2D eigenvalue weighted by molar-refractivity contribution is -0.901. The molecule has 2 N–H and O–H groups in total. The second-order valence-electron chi connectivity index (χ2n) is 6.81. The molecule has 0 aliphatic carbocycles. The molecule has 1 aliphatic heterocycles. The van der Waals surface area contributed by atoms with Crippen molar-refractivity contribution in [2.75, 3.05) is 20.2 Å². The molecule has 0 atom stereocenters. The SMILES string of the molecule is COc1ccc(/C(C)=N\NC(=O)c2cccc(Cl)c2)cc1C[NH+]1CCCC1. The van der Waals surface area contributed by atoms with E-state index in [1.807, 2.05) is 19.1 Å². The summed E-state index contributed by atoms with van der Waals surface area (Å²) in [6.45, 7) is 5.23. The van der Waals surface area contributed by atoms with E-state index in [-0.39, 0.29) is 5.91 Å². The van der Waals surface area contributed by atoms with Crippen LogP contribution in [0.1, 0.15) is 41.3 Å². The van der Waals surface area contributed by atoms with Crippen molar-refractivity contribution in [1.29, 1.82) is 0 Å². The molecule has 0 saturated carbocycles. The number of hydrogen-bond acceptors (Lipinski definition) is 3. The average Bonchev–Trinajstić information content (AvgIpc) is 3.18. The number of likely N-dealkylation sites (tertiary alicyclic amines) is 1. The van der Waals surface area contributed by atoms with Gasteiger partial charge in [-0.05, 0) is 48.9 Å². The maximum atomic E-state index is 12.2. The quantitative estimate of drug-likeness (QED) is 0.592. The molecule has 2 aromatic rings. The van der Waals surface area contributed by atoms with Crippen LogP contribution in [0, 0.1) is 0 Å². The second-order valence-corrected chi connectivity index (χ2v) is 7.25. The minimum Gasteiger partial charge on any atom is -0.496 e. The summed E-state index contributed by atoms with van der Waals surface area (Å²) in [6.07, 6.45) is 2.57. The van der Waals surface area contributed by atoms with Gasteiger partial charge in [0.05, 0.1) is 25.9 Å². The van der Waals surface area contributed by atoms with Crippen molar-refractivity contribution in [3.8, 4) is 5.75 Å². The maximum absolute atomic E-state index is 12.2. The van der Waals surface area contributed by atoms with Crippen LogP contribution in [-0.2, 0) is 6.54 Å². The molecule has 0 unspecified atom stereocenters. The smallest absolute Gasteiger partial charge is 0.271 e. The first-order valence-electron chi connectivity index (χ1n) is 9.18. The van der Waals surface area contributed by atoms with E-state index in [2.05, 4.69) is 16.6 Å². The number of benzene rings is 2. The Bertz CT molecular complexity index is 845. The molecule has 0 aromatic heterocycles. The minimum absolute atomic E-state index is 0.285. The van der Waals surface area contributed by atoms with Gasteiger partial charge in [0.1, 0.15) is 12.3 Å². The number of quaternary nitrogens is 1. The van der Waals surface area contributed by atoms with Crippen molar-refractivity contribution in [2.45, 2.75) is 26.3 Å². The molecule has 6 heteroatoms. The van der Waals surface area contributed by atoms with Gasteiger partial charge in [0.25, 0.3) is 5.91 Å². The number of ether oxygens (including phenoxy) is 1. The molecule has 142 valence electrons. The number of nitrogens with zero attached hydrogens (tertiary/aromatic N) is 1. The highest BCUT2D eigenvalue weighted by Crippen LogP contribution is 2.20. The van der Waals surface area contributed by atoms with Crippen LogP contribution in [0.15, 0.2) is 47.6 Å². The first-order chi connectivity index (χ1) is 13.1. The van der Waals surface area contributed by atoms with Crippen LogP contribution in [0.5, 0.6) is 5.75 Å². The average molecular weight is 387 g/mol. The van der Waals surface area contributed by atoms with Gasteiger partial charge < -0.3 is 9.64 Å². The number of rotatable bonds is 6. The largest absolute Gasteiger partial charge is 0.496 e. The summed E-state index contributed by atoms with van der Waals surface area (Å²) >= 11 is 5.93. The zero-order valence-electron chi connectivity index (χ0n) is 15.7. The molecule has 0 bridgehead atoms. The minimum atomic E-state index is -0.285. The molecule has 1 heterocycles. The summed E-state index contributed by atoms with van der Waals surface area (Å²) in [4.78, 5) is 13.8. The summed E-state index contributed by atoms with van der Waals surface area (Å²) < 4.78 is 5.52. The van der Waals surface area contributed by atoms with E-state index in [9.17, 15) is 4.79 Å². The zero-order chi connectivity index (χ0) is 19.2. The number of methoxy groups -OCH3 is 1. The third kappa shape index (κ3) is 5.08. The fourth-order valence-electron chi connectivity index (χ4n) is 3.36. The van der Waals surface area contributed by atoms with Crippen LogP contribution in [0.3, 0.4) is 0 Å². The standard InChI is InChI=1S/C21H24ClN3O2/c1-15(23-24-21(26)17-6-5-7-19(22)13-17)16-8-9-20(27-2)18(12-16)14-25-10-3-4-11-25/h5-9,12-13H,3-4,10-11,14H2,1-2H3,(H,24,26)/p+1/b23-15-. The molecule has 1 saturated heterocycles. The fourth-order valence-corrected chi connectivity index (χ4v) is 3.55. The van der Waals surface area contributed by atoms with Gasteiger partial charge in [0.15, 0.2) is 0 Å². The summed E-state index contributed by atoms with van der Waals surface area (Å²) in [7, 11) is 1.70. The first kappa shape index (κ1) is 19.4. The fraction of sp³-hybridized carbons (Fsp3) is 0.333. The van der Waals surface area contributed by atoms with Gasteiger partial charge in [-0.1, -0.05) is 17.7 Å². The molecule has 0 spiro atoms. The van der Waals surface area contributed by atoms with Crippen LogP contribution in [0.2, 0.25) is 5.02 Å². The van der Waals surface area contributed by atoms with Crippen molar-refractivity contribution in [3.63, 3.8) is 0 Å². The van der Waals surface area contributed by atoms with E-state index in [1.54, 1.807) is 36.3 Å². The zero-order valence-corrected chi connectivity index (χ0v) is 16.5. The van der Waals surface area contributed by atoms with Crippen LogP contribution >= 0.6 is 11.6 Å². The van der Waals surface area contributed by atoms with Crippen LogP contribution in [0.25, 0.3) is 0 Å². The first-order valence-corrected chi connectivity index (χ1v) is 9.55. The van der Waals surface area contributed by atoms with Crippen LogP contribution in [-0.4, -0.2) is 31.8 Å². The van der Waals surface area contributed by atoms with E-state index >= 15 is 0 Å². The number of amides is 1. The number of nitrogens with one attached hydrogen (secondary N) is 2. The summed E-state index contributed by atoms with van der Waals surface area (Å²) in [5, 5.41) is 4.78. The molecule has 27 heavy (non-hydrogen) atoms. The summed E-state index contributed by atoms with van der Waals surface area (Å²) in [6, 6.07) is 12.8.